The van der Waals surface area contributed by atoms with Crippen molar-refractivity contribution in [3.05, 3.63) is 29.8 Å². The Morgan fingerprint density at radius 1 is 1.40 bits per heavy atom. The predicted octanol–water partition coefficient (Wildman–Crippen LogP) is 2.05. The highest BCUT2D eigenvalue weighted by Gasteiger charge is 2.28. The van der Waals surface area contributed by atoms with E-state index in [1.165, 1.54) is 6.92 Å². The van der Waals surface area contributed by atoms with E-state index in [9.17, 15) is 14.7 Å². The van der Waals surface area contributed by atoms with Crippen LogP contribution < -0.4 is 4.74 Å². The van der Waals surface area contributed by atoms with Crippen molar-refractivity contribution in [3.8, 4) is 5.75 Å². The molecule has 0 aliphatic carbocycles. The van der Waals surface area contributed by atoms with Gasteiger partial charge in [0.05, 0.1) is 0 Å². The number of nitrogens with zero attached hydrogens (tertiary/aromatic N) is 1. The van der Waals surface area contributed by atoms with Crippen molar-refractivity contribution in [1.29, 1.82) is 0 Å². The summed E-state index contributed by atoms with van der Waals surface area (Å²) >= 11 is 0. The number of ether oxygens (including phenoxy) is 1. The van der Waals surface area contributed by atoms with Gasteiger partial charge in [0.1, 0.15) is 11.8 Å². The second kappa shape index (κ2) is 6.52. The van der Waals surface area contributed by atoms with Crippen molar-refractivity contribution in [2.24, 2.45) is 0 Å². The molecular formula is C15H19NO4. The summed E-state index contributed by atoms with van der Waals surface area (Å²) in [6.45, 7) is 2.71. The lowest BCUT2D eigenvalue weighted by Crippen LogP contribution is -2.43. The SMILES string of the molecule is CC(=O)Oc1cccc(CN2CCCCC2C(=O)O)c1. The van der Waals surface area contributed by atoms with Gasteiger partial charge in [0, 0.05) is 13.5 Å². The van der Waals surface area contributed by atoms with Crippen molar-refractivity contribution in [2.45, 2.75) is 38.8 Å². The third-order valence-corrected chi connectivity index (χ3v) is 3.44. The summed E-state index contributed by atoms with van der Waals surface area (Å²) in [4.78, 5) is 24.2. The maximum Gasteiger partial charge on any atom is 0.320 e. The number of carboxylic acid groups (broad SMARTS) is 1. The van der Waals surface area contributed by atoms with E-state index in [0.29, 0.717) is 18.7 Å². The van der Waals surface area contributed by atoms with E-state index in [1.54, 1.807) is 12.1 Å². The largest absolute Gasteiger partial charge is 0.480 e. The van der Waals surface area contributed by atoms with Gasteiger partial charge in [-0.3, -0.25) is 14.5 Å². The summed E-state index contributed by atoms with van der Waals surface area (Å²) in [5, 5.41) is 9.25. The normalized spacial score (nSPS) is 19.6. The van der Waals surface area contributed by atoms with Crippen LogP contribution in [0.2, 0.25) is 0 Å². The maximum atomic E-state index is 11.3. The van der Waals surface area contributed by atoms with Crippen LogP contribution in [0.15, 0.2) is 24.3 Å². The number of carbonyl (C=O) groups excluding carboxylic acids is 1. The van der Waals surface area contributed by atoms with Crippen LogP contribution in [-0.2, 0) is 16.1 Å². The van der Waals surface area contributed by atoms with Gasteiger partial charge in [-0.1, -0.05) is 18.6 Å². The van der Waals surface area contributed by atoms with Crippen molar-refractivity contribution in [2.75, 3.05) is 6.54 Å². The Bertz CT molecular complexity index is 500. The zero-order valence-electron chi connectivity index (χ0n) is 11.5. The monoisotopic (exact) mass is 277 g/mol. The standard InChI is InChI=1S/C15H19NO4/c1-11(17)20-13-6-4-5-12(9-13)10-16-8-3-2-7-14(16)15(18)19/h4-6,9,14H,2-3,7-8,10H2,1H3,(H,18,19). The second-order valence-corrected chi connectivity index (χ2v) is 5.06. The number of benzene rings is 1. The average molecular weight is 277 g/mol. The van der Waals surface area contributed by atoms with E-state index in [1.807, 2.05) is 17.0 Å². The molecule has 1 aromatic rings. The fourth-order valence-corrected chi connectivity index (χ4v) is 2.57. The first-order valence-electron chi connectivity index (χ1n) is 6.80. The molecule has 1 aliphatic heterocycles. The molecule has 1 N–H and O–H groups in total. The quantitative estimate of drug-likeness (QED) is 0.674. The van der Waals surface area contributed by atoms with E-state index in [2.05, 4.69) is 0 Å². The summed E-state index contributed by atoms with van der Waals surface area (Å²) in [5.41, 5.74) is 0.955. The molecular weight excluding hydrogens is 258 g/mol. The topological polar surface area (TPSA) is 66.8 Å². The first kappa shape index (κ1) is 14.5. The molecule has 0 bridgehead atoms. The maximum absolute atomic E-state index is 11.3. The molecule has 20 heavy (non-hydrogen) atoms. The highest BCUT2D eigenvalue weighted by Crippen LogP contribution is 2.21. The fourth-order valence-electron chi connectivity index (χ4n) is 2.57. The van der Waals surface area contributed by atoms with Gasteiger partial charge in [0.15, 0.2) is 0 Å². The van der Waals surface area contributed by atoms with Gasteiger partial charge in [0.2, 0.25) is 0 Å². The van der Waals surface area contributed by atoms with E-state index >= 15 is 0 Å². The first-order chi connectivity index (χ1) is 9.56. The number of rotatable bonds is 4. The van der Waals surface area contributed by atoms with Crippen LogP contribution in [0.5, 0.6) is 5.75 Å². The lowest BCUT2D eigenvalue weighted by Gasteiger charge is -2.32. The van der Waals surface area contributed by atoms with E-state index < -0.39 is 12.0 Å². The Hall–Kier alpha value is -1.88. The Kier molecular flexibility index (Phi) is 4.74. The smallest absolute Gasteiger partial charge is 0.320 e. The molecule has 1 saturated heterocycles. The summed E-state index contributed by atoms with van der Waals surface area (Å²) in [6.07, 6.45) is 2.67. The molecule has 1 aromatic carbocycles. The van der Waals surface area contributed by atoms with Gasteiger partial charge < -0.3 is 9.84 Å². The number of carbonyl (C=O) groups is 2. The minimum absolute atomic E-state index is 0.358. The molecule has 0 radical (unpaired) electrons. The molecule has 0 aromatic heterocycles. The molecule has 1 unspecified atom stereocenters. The molecule has 1 atom stereocenters. The Balaban J connectivity index is 2.08. The minimum Gasteiger partial charge on any atom is -0.480 e. The van der Waals surface area contributed by atoms with E-state index in [0.717, 1.165) is 24.9 Å². The average Bonchev–Trinajstić information content (AvgIpc) is 2.38. The molecule has 1 heterocycles. The van der Waals surface area contributed by atoms with Crippen LogP contribution in [0.1, 0.15) is 31.7 Å². The molecule has 1 aliphatic rings. The zero-order valence-corrected chi connectivity index (χ0v) is 11.5. The van der Waals surface area contributed by atoms with Crippen LogP contribution >= 0.6 is 0 Å². The Morgan fingerprint density at radius 2 is 2.20 bits per heavy atom. The lowest BCUT2D eigenvalue weighted by atomic mass is 10.0. The number of piperidine rings is 1. The molecule has 2 rings (SSSR count). The van der Waals surface area contributed by atoms with Gasteiger partial charge in [-0.15, -0.1) is 0 Å². The predicted molar refractivity (Wildman–Crippen MR) is 73.4 cm³/mol. The van der Waals surface area contributed by atoms with Gasteiger partial charge in [-0.05, 0) is 37.1 Å². The number of hydrogen-bond donors (Lipinski definition) is 1. The summed E-state index contributed by atoms with van der Waals surface area (Å²) in [6, 6.07) is 6.82. The first-order valence-corrected chi connectivity index (χ1v) is 6.80. The van der Waals surface area contributed by atoms with Crippen LogP contribution in [-0.4, -0.2) is 34.5 Å². The molecule has 5 heteroatoms. The highest BCUT2D eigenvalue weighted by molar-refractivity contribution is 5.73. The van der Waals surface area contributed by atoms with Crippen LogP contribution in [0.3, 0.4) is 0 Å². The molecule has 0 saturated carbocycles. The number of likely N-dealkylation sites (tertiary alicyclic amines) is 1. The lowest BCUT2D eigenvalue weighted by molar-refractivity contribution is -0.144. The van der Waals surface area contributed by atoms with E-state index in [-0.39, 0.29) is 5.97 Å². The molecule has 108 valence electrons. The van der Waals surface area contributed by atoms with Crippen molar-refractivity contribution in [1.82, 2.24) is 4.90 Å². The molecule has 0 spiro atoms. The summed E-state index contributed by atoms with van der Waals surface area (Å²) in [5.74, 6) is -0.622. The number of esters is 1. The van der Waals surface area contributed by atoms with Crippen LogP contribution in [0, 0.1) is 0 Å². The summed E-state index contributed by atoms with van der Waals surface area (Å²) < 4.78 is 5.04. The second-order valence-electron chi connectivity index (χ2n) is 5.06. The van der Waals surface area contributed by atoms with Crippen molar-refractivity contribution >= 4 is 11.9 Å². The van der Waals surface area contributed by atoms with Gasteiger partial charge in [-0.25, -0.2) is 0 Å². The number of aliphatic carboxylic acids is 1. The van der Waals surface area contributed by atoms with Gasteiger partial charge in [-0.2, -0.15) is 0 Å². The fraction of sp³-hybridized carbons (Fsp3) is 0.467. The van der Waals surface area contributed by atoms with Crippen LogP contribution in [0.25, 0.3) is 0 Å². The molecule has 5 nitrogen and oxygen atoms in total. The van der Waals surface area contributed by atoms with Crippen LogP contribution in [0.4, 0.5) is 0 Å². The van der Waals surface area contributed by atoms with Crippen molar-refractivity contribution < 1.29 is 19.4 Å². The zero-order chi connectivity index (χ0) is 14.5. The molecule has 1 fully saturated rings. The highest BCUT2D eigenvalue weighted by atomic mass is 16.5. The minimum atomic E-state index is -0.763. The van der Waals surface area contributed by atoms with Gasteiger partial charge in [0.25, 0.3) is 0 Å². The third-order valence-electron chi connectivity index (χ3n) is 3.44. The third kappa shape index (κ3) is 3.81. The number of hydrogen-bond acceptors (Lipinski definition) is 4. The Morgan fingerprint density at radius 3 is 2.90 bits per heavy atom. The molecule has 0 amide bonds. The van der Waals surface area contributed by atoms with Gasteiger partial charge >= 0.3 is 11.9 Å². The number of carboxylic acids is 1. The summed E-state index contributed by atoms with van der Waals surface area (Å²) in [7, 11) is 0. The van der Waals surface area contributed by atoms with E-state index in [4.69, 9.17) is 4.74 Å². The Labute approximate surface area is 118 Å². The van der Waals surface area contributed by atoms with Crippen molar-refractivity contribution in [3.63, 3.8) is 0 Å².